The summed E-state index contributed by atoms with van der Waals surface area (Å²) in [6.07, 6.45) is 7.06. The van der Waals surface area contributed by atoms with Crippen LogP contribution in [-0.4, -0.2) is 87.8 Å². The van der Waals surface area contributed by atoms with Gasteiger partial charge < -0.3 is 24.6 Å². The number of phosphoric acid groups is 1. The third-order valence-corrected chi connectivity index (χ3v) is 6.44. The summed E-state index contributed by atoms with van der Waals surface area (Å²) in [7, 11) is -4.64. The highest BCUT2D eigenvalue weighted by molar-refractivity contribution is 7.45. The molecule has 1 fully saturated rings. The van der Waals surface area contributed by atoms with Crippen LogP contribution in [-0.2, 0) is 4.57 Å². The maximum atomic E-state index is 14.3. The van der Waals surface area contributed by atoms with Crippen molar-refractivity contribution in [2.75, 3.05) is 32.7 Å². The number of fused-ring (bicyclic) bond motifs is 1. The summed E-state index contributed by atoms with van der Waals surface area (Å²) in [5.74, 6) is -2.84. The van der Waals surface area contributed by atoms with Crippen molar-refractivity contribution in [2.45, 2.75) is 12.5 Å². The van der Waals surface area contributed by atoms with Gasteiger partial charge in [-0.25, -0.2) is 23.3 Å². The average Bonchev–Trinajstić information content (AvgIpc) is 3.62. The lowest BCUT2D eigenvalue weighted by atomic mass is 10.1. The number of aromatic amines is 1. The molecule has 4 heterocycles. The third kappa shape index (κ3) is 7.38. The van der Waals surface area contributed by atoms with E-state index in [0.29, 0.717) is 19.6 Å². The van der Waals surface area contributed by atoms with Gasteiger partial charge in [0.1, 0.15) is 29.2 Å². The van der Waals surface area contributed by atoms with Gasteiger partial charge in [-0.05, 0) is 18.2 Å². The van der Waals surface area contributed by atoms with Crippen molar-refractivity contribution >= 4 is 24.8 Å². The zero-order valence-corrected chi connectivity index (χ0v) is 22.7. The maximum Gasteiger partial charge on any atom is 0.466 e. The molecule has 42 heavy (non-hydrogen) atoms. The van der Waals surface area contributed by atoms with Crippen molar-refractivity contribution in [2.24, 2.45) is 0 Å². The molecule has 0 aliphatic carbocycles. The van der Waals surface area contributed by atoms with E-state index in [1.165, 1.54) is 11.2 Å². The van der Waals surface area contributed by atoms with E-state index >= 15 is 0 Å². The molecular weight excluding hydrogens is 575 g/mol. The minimum Gasteiger partial charge on any atom is -0.346 e. The molecule has 4 N–H and O–H groups in total. The molecule has 4 aromatic rings. The molecule has 3 aromatic heterocycles. The van der Waals surface area contributed by atoms with Crippen LogP contribution in [0.15, 0.2) is 43.1 Å². The van der Waals surface area contributed by atoms with E-state index in [0.717, 1.165) is 34.4 Å². The first kappa shape index (κ1) is 30.4. The van der Waals surface area contributed by atoms with E-state index in [-0.39, 0.29) is 31.1 Å². The smallest absolute Gasteiger partial charge is 0.346 e. The average molecular weight is 599 g/mol. The summed E-state index contributed by atoms with van der Waals surface area (Å²) in [6.45, 7) is 2.00. The van der Waals surface area contributed by atoms with Gasteiger partial charge in [-0.15, -0.1) is 0 Å². The van der Waals surface area contributed by atoms with Gasteiger partial charge in [-0.1, -0.05) is 0 Å². The number of H-pyrrole nitrogens is 1. The number of hydrogen-bond acceptors (Lipinski definition) is 8. The highest BCUT2D eigenvalue weighted by atomic mass is 31.2. The second-order valence-corrected chi connectivity index (χ2v) is 10.2. The molecule has 1 amide bonds. The van der Waals surface area contributed by atoms with Crippen LogP contribution in [0.25, 0.3) is 22.3 Å². The lowest BCUT2D eigenvalue weighted by Gasteiger charge is -2.36. The van der Waals surface area contributed by atoms with E-state index in [1.807, 2.05) is 12.3 Å². The quantitative estimate of drug-likeness (QED) is 0.236. The van der Waals surface area contributed by atoms with Crippen LogP contribution in [0.2, 0.25) is 0 Å². The first-order chi connectivity index (χ1) is 20.0. The van der Waals surface area contributed by atoms with Crippen LogP contribution in [0.5, 0.6) is 0 Å². The zero-order chi connectivity index (χ0) is 30.4. The monoisotopic (exact) mass is 599 g/mol. The number of rotatable bonds is 6. The Kier molecular flexibility index (Phi) is 9.37. The topological polar surface area (TPSA) is 208 Å². The standard InChI is InChI=1S/C25H21F2N9O.H3O4P/c26-20-9-16(11-29)10-21(27)22(20)25(37)35-7-5-34(6-8-35)14-18(1-3-28)36-13-17(12-33-36)23-19-2-4-30-24(19)32-15-31-23;1-5(2,3)4/h2,4,9-10,12-13,15,18H,1,5-8,14H2,(H,30,31,32);(H3,1,2,3,4). The number of amides is 1. The molecule has 14 nitrogen and oxygen atoms in total. The Labute approximate surface area is 237 Å². The number of carbonyl (C=O) groups is 1. The molecule has 0 spiro atoms. The number of piperazine rings is 1. The first-order valence-electron chi connectivity index (χ1n) is 12.4. The van der Waals surface area contributed by atoms with Crippen LogP contribution >= 0.6 is 7.82 Å². The van der Waals surface area contributed by atoms with Crippen molar-refractivity contribution < 1.29 is 32.8 Å². The Bertz CT molecular complexity index is 1690. The number of nitrogens with zero attached hydrogens (tertiary/aromatic N) is 8. The van der Waals surface area contributed by atoms with Gasteiger partial charge in [0.2, 0.25) is 0 Å². The SMILES string of the molecule is N#CCC(CN1CCN(C(=O)c2c(F)cc(C#N)cc2F)CC1)n1cc(-c2ncnc3[nH]ccc23)cn1.O=P(O)(O)O. The van der Waals surface area contributed by atoms with Crippen molar-refractivity contribution in [3.8, 4) is 23.4 Å². The van der Waals surface area contributed by atoms with E-state index in [9.17, 15) is 18.8 Å². The summed E-state index contributed by atoms with van der Waals surface area (Å²) >= 11 is 0. The highest BCUT2D eigenvalue weighted by Crippen LogP contribution is 2.27. The van der Waals surface area contributed by atoms with E-state index < -0.39 is 30.9 Å². The Balaban J connectivity index is 0.000000748. The van der Waals surface area contributed by atoms with E-state index in [2.05, 4.69) is 31.0 Å². The lowest BCUT2D eigenvalue weighted by molar-refractivity contribution is 0.0608. The maximum absolute atomic E-state index is 14.3. The summed E-state index contributed by atoms with van der Waals surface area (Å²) in [5.41, 5.74) is 1.43. The molecular formula is C25H24F2N9O5P. The van der Waals surface area contributed by atoms with Crippen LogP contribution in [0.3, 0.4) is 0 Å². The Morgan fingerprint density at radius 2 is 1.79 bits per heavy atom. The zero-order valence-electron chi connectivity index (χ0n) is 21.8. The highest BCUT2D eigenvalue weighted by Gasteiger charge is 2.28. The summed E-state index contributed by atoms with van der Waals surface area (Å²) in [5, 5.41) is 23.6. The number of nitriles is 2. The summed E-state index contributed by atoms with van der Waals surface area (Å²) in [4.78, 5) is 49.5. The normalized spacial score (nSPS) is 14.5. The number of halogens is 2. The minimum absolute atomic E-state index is 0.182. The van der Waals surface area contributed by atoms with Crippen molar-refractivity contribution in [1.29, 1.82) is 10.5 Å². The molecule has 1 atom stereocenters. The number of carbonyl (C=O) groups excluding carboxylic acids is 1. The van der Waals surface area contributed by atoms with Gasteiger partial charge in [0.15, 0.2) is 0 Å². The lowest BCUT2D eigenvalue weighted by Crippen LogP contribution is -2.50. The fourth-order valence-corrected chi connectivity index (χ4v) is 4.54. The predicted molar refractivity (Wildman–Crippen MR) is 142 cm³/mol. The fourth-order valence-electron chi connectivity index (χ4n) is 4.54. The van der Waals surface area contributed by atoms with Crippen LogP contribution < -0.4 is 0 Å². The van der Waals surface area contributed by atoms with E-state index in [4.69, 9.17) is 24.5 Å². The van der Waals surface area contributed by atoms with Gasteiger partial charge in [-0.3, -0.25) is 14.4 Å². The molecule has 218 valence electrons. The third-order valence-electron chi connectivity index (χ3n) is 6.44. The van der Waals surface area contributed by atoms with Gasteiger partial charge in [0.25, 0.3) is 5.91 Å². The number of nitrogens with one attached hydrogen (secondary N) is 1. The molecule has 0 radical (unpaired) electrons. The number of aromatic nitrogens is 5. The van der Waals surface area contributed by atoms with Gasteiger partial charge in [0, 0.05) is 56.1 Å². The van der Waals surface area contributed by atoms with Gasteiger partial charge in [0.05, 0.1) is 42.1 Å². The van der Waals surface area contributed by atoms with Crippen molar-refractivity contribution in [3.63, 3.8) is 0 Å². The molecule has 1 aromatic carbocycles. The molecule has 1 aliphatic rings. The molecule has 1 aliphatic heterocycles. The second-order valence-electron chi connectivity index (χ2n) is 9.22. The molecule has 1 saturated heterocycles. The first-order valence-corrected chi connectivity index (χ1v) is 13.9. The van der Waals surface area contributed by atoms with Crippen LogP contribution in [0, 0.1) is 34.3 Å². The van der Waals surface area contributed by atoms with Crippen LogP contribution in [0.4, 0.5) is 8.78 Å². The molecule has 0 bridgehead atoms. The van der Waals surface area contributed by atoms with Crippen molar-refractivity contribution in [3.05, 3.63) is 65.9 Å². The minimum atomic E-state index is -4.64. The molecule has 0 saturated carbocycles. The molecule has 5 rings (SSSR count). The van der Waals surface area contributed by atoms with Gasteiger partial charge in [-0.2, -0.15) is 15.6 Å². The number of hydrogen-bond donors (Lipinski definition) is 4. The Hall–Kier alpha value is -4.57. The Morgan fingerprint density at radius 1 is 1.12 bits per heavy atom. The van der Waals surface area contributed by atoms with Crippen LogP contribution in [0.1, 0.15) is 28.4 Å². The predicted octanol–water partition coefficient (Wildman–Crippen LogP) is 1.96. The van der Waals surface area contributed by atoms with Crippen molar-refractivity contribution in [1.82, 2.24) is 34.5 Å². The molecule has 17 heteroatoms. The number of benzene rings is 1. The largest absolute Gasteiger partial charge is 0.466 e. The summed E-state index contributed by atoms with van der Waals surface area (Å²) in [6, 6.07) is 7.26. The summed E-state index contributed by atoms with van der Waals surface area (Å²) < 4.78 is 39.3. The van der Waals surface area contributed by atoms with E-state index in [1.54, 1.807) is 23.1 Å². The van der Waals surface area contributed by atoms with Gasteiger partial charge >= 0.3 is 7.82 Å². The Morgan fingerprint density at radius 3 is 2.40 bits per heavy atom. The molecule has 1 unspecified atom stereocenters. The second kappa shape index (κ2) is 12.9. The fraction of sp³-hybridized carbons (Fsp3) is 0.280.